The van der Waals surface area contributed by atoms with E-state index in [4.69, 9.17) is 10.1 Å². The molecule has 0 saturated carbocycles. The Hall–Kier alpha value is -3.24. The molecular weight excluding hydrogens is 324 g/mol. The highest BCUT2D eigenvalue weighted by atomic mass is 16.3. The maximum Gasteiger partial charge on any atom is 0.162 e. The minimum atomic E-state index is -0.422. The summed E-state index contributed by atoms with van der Waals surface area (Å²) < 4.78 is 0. The van der Waals surface area contributed by atoms with Crippen LogP contribution in [0.3, 0.4) is 0 Å². The number of nitrogens with one attached hydrogen (secondary N) is 1. The van der Waals surface area contributed by atoms with E-state index < -0.39 is 6.61 Å². The number of aromatic nitrogens is 1. The first-order valence-corrected chi connectivity index (χ1v) is 8.50. The van der Waals surface area contributed by atoms with Gasteiger partial charge in [-0.1, -0.05) is 48.5 Å². The molecule has 4 aromatic rings. The number of hydrogen-bond acceptors (Lipinski definition) is 4. The smallest absolute Gasteiger partial charge is 0.162 e. The molecule has 0 atom stereocenters. The molecule has 0 aliphatic rings. The first-order chi connectivity index (χ1) is 12.7. The van der Waals surface area contributed by atoms with E-state index in [0.717, 1.165) is 38.7 Å². The van der Waals surface area contributed by atoms with Gasteiger partial charge in [0, 0.05) is 22.9 Å². The van der Waals surface area contributed by atoms with Crippen molar-refractivity contribution in [1.29, 1.82) is 0 Å². The fourth-order valence-electron chi connectivity index (χ4n) is 3.11. The monoisotopic (exact) mass is 342 g/mol. The molecule has 128 valence electrons. The maximum atomic E-state index is 11.4. The number of rotatable bonds is 5. The topological polar surface area (TPSA) is 62.2 Å². The van der Waals surface area contributed by atoms with E-state index in [1.165, 1.54) is 0 Å². The molecule has 3 aromatic carbocycles. The maximum absolute atomic E-state index is 11.4. The Bertz CT molecular complexity index is 1030. The number of fused-ring (bicyclic) bond motifs is 2. The van der Waals surface area contributed by atoms with E-state index in [2.05, 4.69) is 17.4 Å². The summed E-state index contributed by atoms with van der Waals surface area (Å²) in [5, 5.41) is 14.5. The van der Waals surface area contributed by atoms with E-state index in [1.807, 2.05) is 60.7 Å². The molecule has 4 heteroatoms. The number of Topliss-reactive ketones (excluding diaryl/α,β-unsaturated/α-hetero) is 1. The summed E-state index contributed by atoms with van der Waals surface area (Å²) in [4.78, 5) is 16.1. The predicted molar refractivity (Wildman–Crippen MR) is 105 cm³/mol. The van der Waals surface area contributed by atoms with E-state index >= 15 is 0 Å². The lowest BCUT2D eigenvalue weighted by atomic mass is 10.1. The summed E-state index contributed by atoms with van der Waals surface area (Å²) >= 11 is 0. The van der Waals surface area contributed by atoms with Gasteiger partial charge in [0.05, 0.1) is 16.7 Å². The summed E-state index contributed by atoms with van der Waals surface area (Å²) in [6, 6.07) is 23.8. The molecule has 26 heavy (non-hydrogen) atoms. The molecule has 0 amide bonds. The molecular formula is C22H18N2O2. The second-order valence-corrected chi connectivity index (χ2v) is 6.22. The molecule has 0 saturated heterocycles. The van der Waals surface area contributed by atoms with E-state index in [0.29, 0.717) is 0 Å². The summed E-state index contributed by atoms with van der Waals surface area (Å²) in [7, 11) is 0. The minimum Gasteiger partial charge on any atom is -0.389 e. The van der Waals surface area contributed by atoms with Crippen LogP contribution in [0.15, 0.2) is 72.8 Å². The number of pyridine rings is 1. The fraction of sp³-hybridized carbons (Fsp3) is 0.0909. The molecule has 0 radical (unpaired) electrons. The van der Waals surface area contributed by atoms with E-state index in [1.54, 1.807) is 0 Å². The number of aliphatic hydroxyl groups is 1. The number of benzene rings is 3. The molecule has 0 bridgehead atoms. The number of hydrogen-bond donors (Lipinski definition) is 2. The highest BCUT2D eigenvalue weighted by Gasteiger charge is 2.09. The van der Waals surface area contributed by atoms with Gasteiger partial charge in [-0.3, -0.25) is 4.79 Å². The average molecular weight is 342 g/mol. The standard InChI is InChI=1S/C22H18N2O2/c25-14-17(26)13-15-9-11-16(12-10-15)23-22-18-5-1-3-7-20(18)24-21-8-4-2-6-19(21)22/h1-12,25H,13-14H2,(H,23,24). The largest absolute Gasteiger partial charge is 0.389 e. The quantitative estimate of drug-likeness (QED) is 0.533. The summed E-state index contributed by atoms with van der Waals surface area (Å²) in [6.45, 7) is -0.422. The van der Waals surface area contributed by atoms with Gasteiger partial charge in [-0.25, -0.2) is 4.98 Å². The zero-order valence-corrected chi connectivity index (χ0v) is 14.1. The third-order valence-electron chi connectivity index (χ3n) is 4.39. The van der Waals surface area contributed by atoms with E-state index in [9.17, 15) is 4.79 Å². The Balaban J connectivity index is 1.75. The van der Waals surface area contributed by atoms with Crippen LogP contribution in [-0.2, 0) is 11.2 Å². The Labute approximate surface area is 151 Å². The molecule has 0 spiro atoms. The van der Waals surface area contributed by atoms with Crippen LogP contribution in [-0.4, -0.2) is 22.5 Å². The second kappa shape index (κ2) is 6.94. The van der Waals surface area contributed by atoms with Crippen LogP contribution in [0, 0.1) is 0 Å². The minimum absolute atomic E-state index is 0.183. The Morgan fingerprint density at radius 3 is 2.00 bits per heavy atom. The molecule has 4 nitrogen and oxygen atoms in total. The summed E-state index contributed by atoms with van der Waals surface area (Å²) in [5.74, 6) is -0.183. The summed E-state index contributed by atoms with van der Waals surface area (Å²) in [6.07, 6.45) is 0.248. The SMILES string of the molecule is O=C(CO)Cc1ccc(Nc2c3ccccc3nc3ccccc23)cc1. The Morgan fingerprint density at radius 1 is 0.846 bits per heavy atom. The van der Waals surface area contributed by atoms with Crippen LogP contribution in [0.5, 0.6) is 0 Å². The highest BCUT2D eigenvalue weighted by molar-refractivity contribution is 6.08. The first kappa shape index (κ1) is 16.2. The number of nitrogens with zero attached hydrogens (tertiary/aromatic N) is 1. The number of carbonyl (C=O) groups is 1. The second-order valence-electron chi connectivity index (χ2n) is 6.22. The van der Waals surface area contributed by atoms with Crippen LogP contribution >= 0.6 is 0 Å². The van der Waals surface area contributed by atoms with Gasteiger partial charge < -0.3 is 10.4 Å². The Morgan fingerprint density at radius 2 is 1.42 bits per heavy atom. The number of para-hydroxylation sites is 2. The number of carbonyl (C=O) groups excluding carboxylic acids is 1. The van der Waals surface area contributed by atoms with Crippen molar-refractivity contribution >= 4 is 39.0 Å². The molecule has 0 fully saturated rings. The molecule has 2 N–H and O–H groups in total. The molecule has 1 heterocycles. The molecule has 4 rings (SSSR count). The van der Waals surface area contributed by atoms with Crippen molar-refractivity contribution in [3.05, 3.63) is 78.4 Å². The van der Waals surface area contributed by atoms with Gasteiger partial charge in [0.15, 0.2) is 5.78 Å². The van der Waals surface area contributed by atoms with Crippen LogP contribution < -0.4 is 5.32 Å². The van der Waals surface area contributed by atoms with Gasteiger partial charge in [-0.2, -0.15) is 0 Å². The summed E-state index contributed by atoms with van der Waals surface area (Å²) in [5.41, 5.74) is 4.73. The van der Waals surface area contributed by atoms with Crippen molar-refractivity contribution in [3.63, 3.8) is 0 Å². The van der Waals surface area contributed by atoms with Crippen molar-refractivity contribution in [2.75, 3.05) is 11.9 Å². The van der Waals surface area contributed by atoms with Gasteiger partial charge in [0.25, 0.3) is 0 Å². The van der Waals surface area contributed by atoms with E-state index in [-0.39, 0.29) is 12.2 Å². The highest BCUT2D eigenvalue weighted by Crippen LogP contribution is 2.32. The molecule has 0 aliphatic carbocycles. The normalized spacial score (nSPS) is 11.0. The molecule has 1 aromatic heterocycles. The van der Waals surface area contributed by atoms with Crippen molar-refractivity contribution in [2.24, 2.45) is 0 Å². The number of ketones is 1. The van der Waals surface area contributed by atoms with Crippen molar-refractivity contribution in [1.82, 2.24) is 4.98 Å². The lowest BCUT2D eigenvalue weighted by Crippen LogP contribution is -2.07. The van der Waals surface area contributed by atoms with Crippen LogP contribution in [0.1, 0.15) is 5.56 Å². The van der Waals surface area contributed by atoms with Crippen molar-refractivity contribution in [3.8, 4) is 0 Å². The van der Waals surface area contributed by atoms with Crippen LogP contribution in [0.25, 0.3) is 21.8 Å². The number of anilines is 2. The van der Waals surface area contributed by atoms with Crippen molar-refractivity contribution < 1.29 is 9.90 Å². The Kier molecular flexibility index (Phi) is 4.33. The number of aliphatic hydroxyl groups excluding tert-OH is 1. The lowest BCUT2D eigenvalue weighted by Gasteiger charge is -2.13. The molecule has 0 aliphatic heterocycles. The van der Waals surface area contributed by atoms with Gasteiger partial charge in [0.1, 0.15) is 6.61 Å². The van der Waals surface area contributed by atoms with Crippen LogP contribution in [0.2, 0.25) is 0 Å². The molecule has 0 unspecified atom stereocenters. The first-order valence-electron chi connectivity index (χ1n) is 8.50. The van der Waals surface area contributed by atoms with Crippen LogP contribution in [0.4, 0.5) is 11.4 Å². The fourth-order valence-corrected chi connectivity index (χ4v) is 3.11. The zero-order valence-electron chi connectivity index (χ0n) is 14.1. The van der Waals surface area contributed by atoms with Gasteiger partial charge in [0.2, 0.25) is 0 Å². The van der Waals surface area contributed by atoms with Gasteiger partial charge in [-0.05, 0) is 29.8 Å². The third kappa shape index (κ3) is 3.15. The zero-order chi connectivity index (χ0) is 17.9. The van der Waals surface area contributed by atoms with Gasteiger partial charge in [-0.15, -0.1) is 0 Å². The predicted octanol–water partition coefficient (Wildman–Crippen LogP) is 4.24. The lowest BCUT2D eigenvalue weighted by molar-refractivity contribution is -0.121. The third-order valence-corrected chi connectivity index (χ3v) is 4.39. The van der Waals surface area contributed by atoms with Gasteiger partial charge >= 0.3 is 0 Å². The van der Waals surface area contributed by atoms with Crippen molar-refractivity contribution in [2.45, 2.75) is 6.42 Å². The average Bonchev–Trinajstić information content (AvgIpc) is 2.69.